The summed E-state index contributed by atoms with van der Waals surface area (Å²) in [5.74, 6) is -0.676. The first-order valence-electron chi connectivity index (χ1n) is 5.66. The van der Waals surface area contributed by atoms with Gasteiger partial charge in [-0.3, -0.25) is 4.79 Å². The molecule has 0 saturated carbocycles. The fourth-order valence-corrected chi connectivity index (χ4v) is 2.06. The monoisotopic (exact) mass is 256 g/mol. The number of carbonyl (C=O) groups excluding carboxylic acids is 1. The molecule has 1 heterocycles. The number of benzene rings is 1. The van der Waals surface area contributed by atoms with Gasteiger partial charge in [-0.2, -0.15) is 0 Å². The maximum absolute atomic E-state index is 13.4. The van der Waals surface area contributed by atoms with Crippen molar-refractivity contribution in [3.05, 3.63) is 29.0 Å². The molecule has 0 aliphatic carbocycles. The Morgan fingerprint density at radius 3 is 3.00 bits per heavy atom. The molecule has 1 amide bonds. The van der Waals surface area contributed by atoms with Gasteiger partial charge in [-0.05, 0) is 37.6 Å². The van der Waals surface area contributed by atoms with Crippen LogP contribution >= 0.6 is 11.6 Å². The van der Waals surface area contributed by atoms with Crippen LogP contribution in [0.3, 0.4) is 0 Å². The number of rotatable bonds is 2. The minimum atomic E-state index is -0.474. The zero-order valence-electron chi connectivity index (χ0n) is 9.30. The predicted octanol–water partition coefficient (Wildman–Crippen LogP) is 2.56. The molecule has 0 aromatic heterocycles. The third-order valence-corrected chi connectivity index (χ3v) is 3.05. The Morgan fingerprint density at radius 2 is 2.29 bits per heavy atom. The molecule has 0 bridgehead atoms. The molecule has 2 N–H and O–H groups in total. The van der Waals surface area contributed by atoms with Crippen molar-refractivity contribution in [3.63, 3.8) is 0 Å². The van der Waals surface area contributed by atoms with Gasteiger partial charge < -0.3 is 10.6 Å². The molecule has 1 fully saturated rings. The summed E-state index contributed by atoms with van der Waals surface area (Å²) in [6.07, 6.45) is 2.88. The van der Waals surface area contributed by atoms with E-state index in [1.807, 2.05) is 0 Å². The molecule has 92 valence electrons. The third-order valence-electron chi connectivity index (χ3n) is 2.81. The number of hydrogen-bond acceptors (Lipinski definition) is 2. The molecule has 0 spiro atoms. The van der Waals surface area contributed by atoms with E-state index in [0.717, 1.165) is 25.8 Å². The predicted molar refractivity (Wildman–Crippen MR) is 65.7 cm³/mol. The molecule has 1 aliphatic rings. The van der Waals surface area contributed by atoms with Gasteiger partial charge in [0.2, 0.25) is 5.91 Å². The molecular weight excluding hydrogens is 243 g/mol. The van der Waals surface area contributed by atoms with Crippen molar-refractivity contribution in [1.82, 2.24) is 5.32 Å². The Bertz CT molecular complexity index is 419. The van der Waals surface area contributed by atoms with Gasteiger partial charge in [-0.1, -0.05) is 18.0 Å². The Hall–Kier alpha value is -1.13. The first kappa shape index (κ1) is 12.3. The maximum Gasteiger partial charge on any atom is 0.241 e. The lowest BCUT2D eigenvalue weighted by Gasteiger charge is -2.22. The Kier molecular flexibility index (Phi) is 3.97. The van der Waals surface area contributed by atoms with Gasteiger partial charge in [-0.15, -0.1) is 0 Å². The molecule has 1 aromatic carbocycles. The van der Waals surface area contributed by atoms with Gasteiger partial charge in [0.25, 0.3) is 0 Å². The van der Waals surface area contributed by atoms with Gasteiger partial charge in [0.1, 0.15) is 5.82 Å². The highest BCUT2D eigenvalue weighted by Crippen LogP contribution is 2.20. The largest absolute Gasteiger partial charge is 0.322 e. The zero-order valence-corrected chi connectivity index (χ0v) is 10.1. The van der Waals surface area contributed by atoms with Crippen molar-refractivity contribution in [2.75, 3.05) is 11.9 Å². The number of amides is 1. The zero-order chi connectivity index (χ0) is 12.3. The summed E-state index contributed by atoms with van der Waals surface area (Å²) in [5.41, 5.74) is 0.134. The lowest BCUT2D eigenvalue weighted by Crippen LogP contribution is -2.43. The van der Waals surface area contributed by atoms with E-state index in [1.54, 1.807) is 0 Å². The van der Waals surface area contributed by atoms with Crippen LogP contribution in [0.25, 0.3) is 0 Å². The minimum absolute atomic E-state index is 0.134. The standard InChI is InChI=1S/C12H14ClFN2O/c13-8-4-5-9(14)11(7-8)16-12(17)10-3-1-2-6-15-10/h4-5,7,10,15H,1-3,6H2,(H,16,17)/t10-/m1/s1. The molecule has 1 aliphatic heterocycles. The minimum Gasteiger partial charge on any atom is -0.322 e. The highest BCUT2D eigenvalue weighted by molar-refractivity contribution is 6.30. The Balaban J connectivity index is 2.04. The van der Waals surface area contributed by atoms with Gasteiger partial charge in [0.15, 0.2) is 0 Å². The number of nitrogens with one attached hydrogen (secondary N) is 2. The first-order valence-corrected chi connectivity index (χ1v) is 6.04. The second kappa shape index (κ2) is 5.47. The van der Waals surface area contributed by atoms with Gasteiger partial charge in [0.05, 0.1) is 11.7 Å². The fraction of sp³-hybridized carbons (Fsp3) is 0.417. The van der Waals surface area contributed by atoms with E-state index in [9.17, 15) is 9.18 Å². The molecule has 1 atom stereocenters. The maximum atomic E-state index is 13.4. The number of anilines is 1. The van der Waals surface area contributed by atoms with Crippen LogP contribution in [0.1, 0.15) is 19.3 Å². The third kappa shape index (κ3) is 3.17. The van der Waals surface area contributed by atoms with Crippen LogP contribution in [0.15, 0.2) is 18.2 Å². The molecule has 2 rings (SSSR count). The van der Waals surface area contributed by atoms with Crippen LogP contribution in [-0.4, -0.2) is 18.5 Å². The van der Waals surface area contributed by atoms with Crippen molar-refractivity contribution >= 4 is 23.2 Å². The van der Waals surface area contributed by atoms with Crippen LogP contribution in [0, 0.1) is 5.82 Å². The number of piperidine rings is 1. The quantitative estimate of drug-likeness (QED) is 0.854. The van der Waals surface area contributed by atoms with Crippen LogP contribution in [-0.2, 0) is 4.79 Å². The smallest absolute Gasteiger partial charge is 0.241 e. The van der Waals surface area contributed by atoms with E-state index in [2.05, 4.69) is 10.6 Å². The van der Waals surface area contributed by atoms with Crippen LogP contribution in [0.5, 0.6) is 0 Å². The molecular formula is C12H14ClFN2O. The normalized spacial score (nSPS) is 20.0. The summed E-state index contributed by atoms with van der Waals surface area (Å²) >= 11 is 5.75. The summed E-state index contributed by atoms with van der Waals surface area (Å²) in [4.78, 5) is 11.8. The van der Waals surface area contributed by atoms with Crippen molar-refractivity contribution < 1.29 is 9.18 Å². The molecule has 5 heteroatoms. The van der Waals surface area contributed by atoms with Gasteiger partial charge in [0, 0.05) is 5.02 Å². The summed E-state index contributed by atoms with van der Waals surface area (Å²) in [7, 11) is 0. The van der Waals surface area contributed by atoms with Crippen molar-refractivity contribution in [2.45, 2.75) is 25.3 Å². The van der Waals surface area contributed by atoms with E-state index in [0.29, 0.717) is 5.02 Å². The molecule has 3 nitrogen and oxygen atoms in total. The first-order chi connectivity index (χ1) is 8.16. The number of carbonyl (C=O) groups is 1. The summed E-state index contributed by atoms with van der Waals surface area (Å²) in [6, 6.07) is 3.87. The highest BCUT2D eigenvalue weighted by atomic mass is 35.5. The van der Waals surface area contributed by atoms with E-state index in [-0.39, 0.29) is 17.6 Å². The lowest BCUT2D eigenvalue weighted by atomic mass is 10.0. The average molecular weight is 257 g/mol. The van der Waals surface area contributed by atoms with E-state index in [4.69, 9.17) is 11.6 Å². The molecule has 1 saturated heterocycles. The summed E-state index contributed by atoms with van der Waals surface area (Å²) < 4.78 is 13.4. The lowest BCUT2D eigenvalue weighted by molar-refractivity contribution is -0.118. The van der Waals surface area contributed by atoms with E-state index >= 15 is 0 Å². The summed E-state index contributed by atoms with van der Waals surface area (Å²) in [5, 5.41) is 6.07. The van der Waals surface area contributed by atoms with Crippen molar-refractivity contribution in [2.24, 2.45) is 0 Å². The topological polar surface area (TPSA) is 41.1 Å². The van der Waals surface area contributed by atoms with Crippen molar-refractivity contribution in [1.29, 1.82) is 0 Å². The summed E-state index contributed by atoms with van der Waals surface area (Å²) in [6.45, 7) is 0.829. The average Bonchev–Trinajstić information content (AvgIpc) is 2.35. The van der Waals surface area contributed by atoms with E-state index < -0.39 is 5.82 Å². The number of hydrogen-bond donors (Lipinski definition) is 2. The molecule has 1 aromatic rings. The second-order valence-corrected chi connectivity index (χ2v) is 4.55. The van der Waals surface area contributed by atoms with Crippen LogP contribution < -0.4 is 10.6 Å². The Labute approximate surface area is 104 Å². The SMILES string of the molecule is O=C(Nc1cc(Cl)ccc1F)[C@H]1CCCCN1. The van der Waals surface area contributed by atoms with Crippen molar-refractivity contribution in [3.8, 4) is 0 Å². The van der Waals surface area contributed by atoms with Crippen LogP contribution in [0.4, 0.5) is 10.1 Å². The number of halogens is 2. The van der Waals surface area contributed by atoms with Gasteiger partial charge >= 0.3 is 0 Å². The van der Waals surface area contributed by atoms with E-state index in [1.165, 1.54) is 18.2 Å². The van der Waals surface area contributed by atoms with Crippen LogP contribution in [0.2, 0.25) is 5.02 Å². The fourth-order valence-electron chi connectivity index (χ4n) is 1.89. The molecule has 0 unspecified atom stereocenters. The molecule has 0 radical (unpaired) electrons. The Morgan fingerprint density at radius 1 is 1.47 bits per heavy atom. The second-order valence-electron chi connectivity index (χ2n) is 4.12. The highest BCUT2D eigenvalue weighted by Gasteiger charge is 2.21. The van der Waals surface area contributed by atoms with Gasteiger partial charge in [-0.25, -0.2) is 4.39 Å². The molecule has 17 heavy (non-hydrogen) atoms.